The maximum absolute atomic E-state index is 5.90. The van der Waals surface area contributed by atoms with Crippen molar-refractivity contribution in [2.75, 3.05) is 0 Å². The van der Waals surface area contributed by atoms with Gasteiger partial charge < -0.3 is 11.1 Å². The number of thiazole rings is 1. The third kappa shape index (κ3) is 4.56. The van der Waals surface area contributed by atoms with Crippen LogP contribution in [-0.4, -0.2) is 16.5 Å². The third-order valence-electron chi connectivity index (χ3n) is 2.81. The highest BCUT2D eigenvalue weighted by molar-refractivity contribution is 7.15. The molecule has 4 nitrogen and oxygen atoms in total. The maximum atomic E-state index is 5.90. The summed E-state index contributed by atoms with van der Waals surface area (Å²) < 4.78 is 0. The van der Waals surface area contributed by atoms with Crippen LogP contribution in [0.2, 0.25) is 0 Å². The Morgan fingerprint density at radius 2 is 1.95 bits per heavy atom. The summed E-state index contributed by atoms with van der Waals surface area (Å²) in [6.07, 6.45) is 0. The predicted molar refractivity (Wildman–Crippen MR) is 90.5 cm³/mol. The van der Waals surface area contributed by atoms with Gasteiger partial charge in [-0.15, -0.1) is 11.3 Å². The number of guanidine groups is 1. The molecule has 0 saturated carbocycles. The molecule has 3 N–H and O–H groups in total. The summed E-state index contributed by atoms with van der Waals surface area (Å²) in [5, 5.41) is 4.19. The number of benzene rings is 1. The van der Waals surface area contributed by atoms with Crippen LogP contribution in [0.15, 0.2) is 35.3 Å². The summed E-state index contributed by atoms with van der Waals surface area (Å²) in [6.45, 7) is 8.74. The van der Waals surface area contributed by atoms with Crippen LogP contribution in [0.4, 0.5) is 0 Å². The minimum Gasteiger partial charge on any atom is -0.370 e. The lowest BCUT2D eigenvalue weighted by Gasteiger charge is -2.20. The average Bonchev–Trinajstić information content (AvgIpc) is 2.77. The first kappa shape index (κ1) is 15.5. The molecule has 1 heterocycles. The first-order valence-corrected chi connectivity index (χ1v) is 7.76. The molecule has 0 aliphatic heterocycles. The van der Waals surface area contributed by atoms with Gasteiger partial charge in [-0.05, 0) is 27.7 Å². The molecule has 0 atom stereocenters. The van der Waals surface area contributed by atoms with Crippen molar-refractivity contribution in [1.29, 1.82) is 0 Å². The van der Waals surface area contributed by atoms with E-state index >= 15 is 0 Å². The Bertz CT molecular complexity index is 623. The van der Waals surface area contributed by atoms with Crippen LogP contribution in [0.3, 0.4) is 0 Å². The van der Waals surface area contributed by atoms with Gasteiger partial charge in [0.25, 0.3) is 0 Å². The Morgan fingerprint density at radius 1 is 1.29 bits per heavy atom. The van der Waals surface area contributed by atoms with Gasteiger partial charge in [0.2, 0.25) is 0 Å². The first-order valence-electron chi connectivity index (χ1n) is 6.95. The molecule has 0 fully saturated rings. The maximum Gasteiger partial charge on any atom is 0.189 e. The van der Waals surface area contributed by atoms with E-state index in [2.05, 4.69) is 48.2 Å². The summed E-state index contributed by atoms with van der Waals surface area (Å²) in [5.74, 6) is 0.469. The Kier molecular flexibility index (Phi) is 4.63. The molecule has 2 rings (SSSR count). The molecule has 0 radical (unpaired) electrons. The summed E-state index contributed by atoms with van der Waals surface area (Å²) >= 11 is 1.67. The highest BCUT2D eigenvalue weighted by Crippen LogP contribution is 2.28. The minimum absolute atomic E-state index is 0.0779. The van der Waals surface area contributed by atoms with Crippen LogP contribution in [0.1, 0.15) is 31.3 Å². The smallest absolute Gasteiger partial charge is 0.189 e. The Morgan fingerprint density at radius 3 is 2.57 bits per heavy atom. The van der Waals surface area contributed by atoms with E-state index in [1.54, 1.807) is 11.3 Å². The van der Waals surface area contributed by atoms with Gasteiger partial charge in [-0.25, -0.2) is 9.98 Å². The van der Waals surface area contributed by atoms with Crippen LogP contribution in [0.25, 0.3) is 10.6 Å². The van der Waals surface area contributed by atoms with Crippen LogP contribution in [-0.2, 0) is 6.54 Å². The van der Waals surface area contributed by atoms with Crippen molar-refractivity contribution < 1.29 is 0 Å². The molecular weight excluding hydrogens is 280 g/mol. The van der Waals surface area contributed by atoms with E-state index in [1.807, 2.05) is 25.1 Å². The normalized spacial score (nSPS) is 12.5. The minimum atomic E-state index is -0.0779. The molecule has 2 aromatic rings. The van der Waals surface area contributed by atoms with E-state index in [-0.39, 0.29) is 5.54 Å². The molecule has 1 aromatic carbocycles. The summed E-state index contributed by atoms with van der Waals surface area (Å²) in [5.41, 5.74) is 7.98. The molecule has 0 amide bonds. The first-order chi connectivity index (χ1) is 9.85. The van der Waals surface area contributed by atoms with Crippen molar-refractivity contribution in [3.63, 3.8) is 0 Å². The van der Waals surface area contributed by atoms with Gasteiger partial charge in [-0.3, -0.25) is 0 Å². The van der Waals surface area contributed by atoms with E-state index in [4.69, 9.17) is 5.73 Å². The lowest BCUT2D eigenvalue weighted by molar-refractivity contribution is 0.508. The lowest BCUT2D eigenvalue weighted by atomic mass is 10.1. The van der Waals surface area contributed by atoms with Crippen molar-refractivity contribution >= 4 is 17.3 Å². The summed E-state index contributed by atoms with van der Waals surface area (Å²) in [6, 6.07) is 10.2. The molecule has 0 bridgehead atoms. The summed E-state index contributed by atoms with van der Waals surface area (Å²) in [4.78, 5) is 10.2. The topological polar surface area (TPSA) is 63.3 Å². The molecule has 21 heavy (non-hydrogen) atoms. The zero-order valence-corrected chi connectivity index (χ0v) is 13.8. The van der Waals surface area contributed by atoms with Crippen molar-refractivity contribution in [3.8, 4) is 10.6 Å². The number of nitrogens with one attached hydrogen (secondary N) is 1. The Hall–Kier alpha value is -1.88. The molecule has 0 unspecified atom stereocenters. The van der Waals surface area contributed by atoms with Crippen molar-refractivity contribution in [2.45, 2.75) is 39.8 Å². The van der Waals surface area contributed by atoms with E-state index in [0.29, 0.717) is 12.5 Å². The van der Waals surface area contributed by atoms with Gasteiger partial charge in [0.05, 0.1) is 12.2 Å². The molecule has 1 aromatic heterocycles. The molecule has 0 saturated heterocycles. The van der Waals surface area contributed by atoms with Gasteiger partial charge in [0, 0.05) is 16.0 Å². The van der Waals surface area contributed by atoms with Gasteiger partial charge >= 0.3 is 0 Å². The molecule has 5 heteroatoms. The average molecular weight is 302 g/mol. The number of nitrogens with two attached hydrogens (primary N) is 1. The molecule has 0 aliphatic carbocycles. The fraction of sp³-hybridized carbons (Fsp3) is 0.375. The molecule has 0 aliphatic rings. The monoisotopic (exact) mass is 302 g/mol. The Labute approximate surface area is 130 Å². The zero-order chi connectivity index (χ0) is 15.5. The second-order valence-corrected chi connectivity index (χ2v) is 7.05. The van der Waals surface area contributed by atoms with Crippen molar-refractivity contribution in [1.82, 2.24) is 10.3 Å². The summed E-state index contributed by atoms with van der Waals surface area (Å²) in [7, 11) is 0. The number of nitrogens with zero attached hydrogens (tertiary/aromatic N) is 2. The molecular formula is C16H22N4S. The van der Waals surface area contributed by atoms with Crippen LogP contribution in [0.5, 0.6) is 0 Å². The predicted octanol–water partition coefficient (Wildman–Crippen LogP) is 3.32. The number of hydrogen-bond donors (Lipinski definition) is 2. The van der Waals surface area contributed by atoms with Crippen LogP contribution >= 0.6 is 11.3 Å². The van der Waals surface area contributed by atoms with Crippen LogP contribution in [0, 0.1) is 6.92 Å². The van der Waals surface area contributed by atoms with Crippen molar-refractivity contribution in [3.05, 3.63) is 40.9 Å². The number of aliphatic imine (C=N–C) groups is 1. The third-order valence-corrected chi connectivity index (χ3v) is 4.00. The largest absolute Gasteiger partial charge is 0.370 e. The quantitative estimate of drug-likeness (QED) is 0.675. The van der Waals surface area contributed by atoms with E-state index in [9.17, 15) is 0 Å². The zero-order valence-electron chi connectivity index (χ0n) is 13.0. The lowest BCUT2D eigenvalue weighted by Crippen LogP contribution is -2.44. The van der Waals surface area contributed by atoms with E-state index < -0.39 is 0 Å². The van der Waals surface area contributed by atoms with Gasteiger partial charge in [-0.2, -0.15) is 0 Å². The van der Waals surface area contributed by atoms with E-state index in [0.717, 1.165) is 21.1 Å². The van der Waals surface area contributed by atoms with Gasteiger partial charge in [0.15, 0.2) is 5.96 Å². The number of aromatic nitrogens is 1. The molecule has 0 spiro atoms. The SMILES string of the molecule is Cc1nc(-c2ccccc2)sc1CN=C(N)NC(C)(C)C. The highest BCUT2D eigenvalue weighted by atomic mass is 32.1. The second-order valence-electron chi connectivity index (χ2n) is 5.97. The van der Waals surface area contributed by atoms with Crippen molar-refractivity contribution in [2.24, 2.45) is 10.7 Å². The standard InChI is InChI=1S/C16H22N4S/c1-11-13(10-18-15(17)20-16(2,3)4)21-14(19-11)12-8-6-5-7-9-12/h5-9H,10H2,1-4H3,(H3,17,18,20). The number of aryl methyl sites for hydroxylation is 1. The number of rotatable bonds is 3. The van der Waals surface area contributed by atoms with Gasteiger partial charge in [-0.1, -0.05) is 30.3 Å². The Balaban J connectivity index is 2.12. The molecule has 112 valence electrons. The highest BCUT2D eigenvalue weighted by Gasteiger charge is 2.11. The second kappa shape index (κ2) is 6.26. The van der Waals surface area contributed by atoms with E-state index in [1.165, 1.54) is 0 Å². The fourth-order valence-corrected chi connectivity index (χ4v) is 2.85. The van der Waals surface area contributed by atoms with Gasteiger partial charge in [0.1, 0.15) is 5.01 Å². The van der Waals surface area contributed by atoms with Crippen LogP contribution < -0.4 is 11.1 Å². The fourth-order valence-electron chi connectivity index (χ4n) is 1.86. The number of hydrogen-bond acceptors (Lipinski definition) is 3.